The normalized spacial score (nSPS) is 15.3. The van der Waals surface area contributed by atoms with Crippen molar-refractivity contribution in [1.29, 1.82) is 0 Å². The van der Waals surface area contributed by atoms with Crippen LogP contribution in [0.4, 0.5) is 17.3 Å². The van der Waals surface area contributed by atoms with Crippen molar-refractivity contribution in [2.45, 2.75) is 71.3 Å². The van der Waals surface area contributed by atoms with Crippen LogP contribution < -0.4 is 10.2 Å². The van der Waals surface area contributed by atoms with E-state index in [-0.39, 0.29) is 18.0 Å². The standard InChI is InChI=1S/C25H36N4O4/c1-16(2)15-29(19-8-6-5-7-9-19)22-11-10-18(17(3)12-23(30)31)13-20(22)27-25-26-14-21(28-25)24(32)33-4/h10-11,13-14,16-17,19H,5-9,12,15H2,1-4H3,(H,30,31)(H2,26,27,28)/t17-/m1/s1. The highest BCUT2D eigenvalue weighted by atomic mass is 16.5. The molecule has 1 aliphatic carbocycles. The zero-order chi connectivity index (χ0) is 24.0. The molecule has 1 fully saturated rings. The van der Waals surface area contributed by atoms with Gasteiger partial charge in [-0.15, -0.1) is 0 Å². The summed E-state index contributed by atoms with van der Waals surface area (Å²) in [4.78, 5) is 32.9. The van der Waals surface area contributed by atoms with Crippen molar-refractivity contribution in [2.75, 3.05) is 23.9 Å². The van der Waals surface area contributed by atoms with Crippen LogP contribution in [-0.2, 0) is 9.53 Å². The first-order chi connectivity index (χ1) is 15.8. The summed E-state index contributed by atoms with van der Waals surface area (Å²) in [6.45, 7) is 7.29. The van der Waals surface area contributed by atoms with E-state index in [1.165, 1.54) is 32.6 Å². The molecule has 1 heterocycles. The lowest BCUT2D eigenvalue weighted by Crippen LogP contribution is -2.39. The highest BCUT2D eigenvalue weighted by molar-refractivity contribution is 5.87. The molecule has 0 spiro atoms. The number of hydrogen-bond donors (Lipinski definition) is 3. The number of anilines is 3. The van der Waals surface area contributed by atoms with E-state index in [0.717, 1.165) is 36.3 Å². The number of carbonyl (C=O) groups excluding carboxylic acids is 1. The first-order valence-corrected chi connectivity index (χ1v) is 11.8. The number of benzene rings is 1. The van der Waals surface area contributed by atoms with Crippen LogP contribution in [-0.4, -0.2) is 46.7 Å². The van der Waals surface area contributed by atoms with Gasteiger partial charge in [0.1, 0.15) is 5.69 Å². The topological polar surface area (TPSA) is 108 Å². The van der Waals surface area contributed by atoms with Crippen LogP contribution in [0, 0.1) is 5.92 Å². The van der Waals surface area contributed by atoms with Crippen LogP contribution in [0.5, 0.6) is 0 Å². The summed E-state index contributed by atoms with van der Waals surface area (Å²) in [7, 11) is 1.33. The average molecular weight is 457 g/mol. The summed E-state index contributed by atoms with van der Waals surface area (Å²) < 4.78 is 4.77. The number of methoxy groups -OCH3 is 1. The molecule has 0 radical (unpaired) electrons. The van der Waals surface area contributed by atoms with E-state index in [4.69, 9.17) is 4.74 Å². The van der Waals surface area contributed by atoms with Crippen molar-refractivity contribution in [3.8, 4) is 0 Å². The number of nitrogens with zero attached hydrogens (tertiary/aromatic N) is 2. The van der Waals surface area contributed by atoms with Crippen molar-refractivity contribution < 1.29 is 19.4 Å². The third-order valence-corrected chi connectivity index (χ3v) is 6.19. The Balaban J connectivity index is 2.00. The lowest BCUT2D eigenvalue weighted by Gasteiger charge is -2.38. The number of nitrogens with one attached hydrogen (secondary N) is 2. The number of ether oxygens (including phenoxy) is 1. The van der Waals surface area contributed by atoms with Gasteiger partial charge in [0.25, 0.3) is 0 Å². The molecule has 8 nitrogen and oxygen atoms in total. The fraction of sp³-hybridized carbons (Fsp3) is 0.560. The van der Waals surface area contributed by atoms with Gasteiger partial charge in [-0.1, -0.05) is 46.1 Å². The Labute approximate surface area is 195 Å². The summed E-state index contributed by atoms with van der Waals surface area (Å²) in [6, 6.07) is 6.61. The van der Waals surface area contributed by atoms with Crippen LogP contribution in [0.3, 0.4) is 0 Å². The third kappa shape index (κ3) is 6.49. The second-order valence-corrected chi connectivity index (χ2v) is 9.38. The number of H-pyrrole nitrogens is 1. The predicted octanol–water partition coefficient (Wildman–Crippen LogP) is 5.31. The van der Waals surface area contributed by atoms with Gasteiger partial charge < -0.3 is 25.0 Å². The Morgan fingerprint density at radius 1 is 1.24 bits per heavy atom. The van der Waals surface area contributed by atoms with Crippen LogP contribution in [0.25, 0.3) is 0 Å². The Hall–Kier alpha value is -3.03. The van der Waals surface area contributed by atoms with Crippen LogP contribution in [0.1, 0.15) is 81.3 Å². The minimum absolute atomic E-state index is 0.0599. The van der Waals surface area contributed by atoms with Gasteiger partial charge in [-0.3, -0.25) is 4.79 Å². The predicted molar refractivity (Wildman–Crippen MR) is 129 cm³/mol. The minimum atomic E-state index is -0.821. The molecule has 1 atom stereocenters. The number of rotatable bonds is 10. The molecule has 0 aliphatic heterocycles. The molecule has 1 aromatic heterocycles. The largest absolute Gasteiger partial charge is 0.481 e. The molecular weight excluding hydrogens is 420 g/mol. The highest BCUT2D eigenvalue weighted by Crippen LogP contribution is 2.37. The fourth-order valence-corrected chi connectivity index (χ4v) is 4.55. The lowest BCUT2D eigenvalue weighted by atomic mass is 9.92. The molecule has 0 amide bonds. The van der Waals surface area contributed by atoms with Gasteiger partial charge >= 0.3 is 11.9 Å². The summed E-state index contributed by atoms with van der Waals surface area (Å²) in [6.07, 6.45) is 7.58. The van der Waals surface area contributed by atoms with Crippen molar-refractivity contribution in [3.05, 3.63) is 35.7 Å². The first-order valence-electron chi connectivity index (χ1n) is 11.8. The number of esters is 1. The first kappa shape index (κ1) is 24.6. The molecule has 180 valence electrons. The summed E-state index contributed by atoms with van der Waals surface area (Å²) in [5.41, 5.74) is 3.12. The third-order valence-electron chi connectivity index (χ3n) is 6.19. The van der Waals surface area contributed by atoms with Gasteiger partial charge in [-0.05, 0) is 42.4 Å². The molecule has 3 rings (SSSR count). The Kier molecular flexibility index (Phi) is 8.36. The number of carbonyl (C=O) groups is 2. The molecule has 2 aromatic rings. The van der Waals surface area contributed by atoms with E-state index < -0.39 is 11.9 Å². The Morgan fingerprint density at radius 3 is 2.61 bits per heavy atom. The monoisotopic (exact) mass is 456 g/mol. The number of aromatic amines is 1. The Bertz CT molecular complexity index is 950. The second-order valence-electron chi connectivity index (χ2n) is 9.38. The maximum Gasteiger partial charge on any atom is 0.356 e. The van der Waals surface area contributed by atoms with Crippen LogP contribution >= 0.6 is 0 Å². The Morgan fingerprint density at radius 2 is 1.97 bits per heavy atom. The van der Waals surface area contributed by atoms with E-state index in [2.05, 4.69) is 40.1 Å². The van der Waals surface area contributed by atoms with E-state index in [1.807, 2.05) is 19.1 Å². The molecule has 1 saturated carbocycles. The van der Waals surface area contributed by atoms with Crippen molar-refractivity contribution >= 4 is 29.3 Å². The van der Waals surface area contributed by atoms with Crippen molar-refractivity contribution in [3.63, 3.8) is 0 Å². The highest BCUT2D eigenvalue weighted by Gasteiger charge is 2.25. The van der Waals surface area contributed by atoms with Gasteiger partial charge in [0, 0.05) is 12.6 Å². The second kappa shape index (κ2) is 11.2. The van der Waals surface area contributed by atoms with E-state index in [9.17, 15) is 14.7 Å². The molecular formula is C25H36N4O4. The zero-order valence-corrected chi connectivity index (χ0v) is 20.1. The van der Waals surface area contributed by atoms with E-state index in [0.29, 0.717) is 17.9 Å². The molecule has 1 aliphatic rings. The van der Waals surface area contributed by atoms with Crippen molar-refractivity contribution in [1.82, 2.24) is 9.97 Å². The summed E-state index contributed by atoms with van der Waals surface area (Å²) >= 11 is 0. The van der Waals surface area contributed by atoms with Gasteiger partial charge in [0.15, 0.2) is 0 Å². The summed E-state index contributed by atoms with van der Waals surface area (Å²) in [5.74, 6) is -0.512. The molecule has 0 unspecified atom stereocenters. The number of carboxylic acid groups (broad SMARTS) is 1. The molecule has 1 aromatic carbocycles. The van der Waals surface area contributed by atoms with E-state index in [1.54, 1.807) is 0 Å². The summed E-state index contributed by atoms with van der Waals surface area (Å²) in [5, 5.41) is 12.6. The lowest BCUT2D eigenvalue weighted by molar-refractivity contribution is -0.137. The van der Waals surface area contributed by atoms with Gasteiger partial charge in [-0.25, -0.2) is 9.78 Å². The quantitative estimate of drug-likeness (QED) is 0.416. The minimum Gasteiger partial charge on any atom is -0.481 e. The molecule has 3 N–H and O–H groups in total. The number of aliphatic carboxylic acids is 1. The average Bonchev–Trinajstić information content (AvgIpc) is 3.25. The van der Waals surface area contributed by atoms with Crippen LogP contribution in [0.2, 0.25) is 0 Å². The number of aromatic nitrogens is 2. The smallest absolute Gasteiger partial charge is 0.356 e. The number of carboxylic acids is 1. The maximum atomic E-state index is 11.8. The fourth-order valence-electron chi connectivity index (χ4n) is 4.55. The zero-order valence-electron chi connectivity index (χ0n) is 20.1. The number of imidazole rings is 1. The number of hydrogen-bond acceptors (Lipinski definition) is 6. The van der Waals surface area contributed by atoms with Gasteiger partial charge in [-0.2, -0.15) is 0 Å². The molecule has 8 heteroatoms. The van der Waals surface area contributed by atoms with E-state index >= 15 is 0 Å². The molecule has 33 heavy (non-hydrogen) atoms. The van der Waals surface area contributed by atoms with Gasteiger partial charge in [0.2, 0.25) is 5.95 Å². The SMILES string of the molecule is COC(=O)c1cnc(Nc2cc([C@H](C)CC(=O)O)ccc2N(CC(C)C)C2CCCCC2)[nH]1. The molecule has 0 bridgehead atoms. The van der Waals surface area contributed by atoms with Crippen LogP contribution in [0.15, 0.2) is 24.4 Å². The van der Waals surface area contributed by atoms with Crippen molar-refractivity contribution in [2.24, 2.45) is 5.92 Å². The molecule has 0 saturated heterocycles. The van der Waals surface area contributed by atoms with Gasteiger partial charge in [0.05, 0.1) is 31.1 Å². The maximum absolute atomic E-state index is 11.8.